The topological polar surface area (TPSA) is 95.9 Å². The monoisotopic (exact) mass is 693 g/mol. The molecular formula is C43H68N2O5. The lowest BCUT2D eigenvalue weighted by atomic mass is 9.32. The van der Waals surface area contributed by atoms with Gasteiger partial charge in [0, 0.05) is 30.6 Å². The van der Waals surface area contributed by atoms with Gasteiger partial charge in [0.05, 0.1) is 19.4 Å². The predicted octanol–water partition coefficient (Wildman–Crippen LogP) is 8.78. The Morgan fingerprint density at radius 2 is 1.64 bits per heavy atom. The smallest absolute Gasteiger partial charge is 0.306 e. The number of hydrogen-bond acceptors (Lipinski definition) is 5. The molecule has 2 N–H and O–H groups in total. The van der Waals surface area contributed by atoms with Gasteiger partial charge < -0.3 is 20.1 Å². The highest BCUT2D eigenvalue weighted by Crippen LogP contribution is 2.78. The lowest BCUT2D eigenvalue weighted by Crippen LogP contribution is -2.67. The molecule has 280 valence electrons. The van der Waals surface area contributed by atoms with E-state index in [0.717, 1.165) is 57.3 Å². The molecule has 1 amide bonds. The Labute approximate surface area is 302 Å². The van der Waals surface area contributed by atoms with Gasteiger partial charge in [-0.15, -0.1) is 0 Å². The van der Waals surface area contributed by atoms with E-state index in [1.165, 1.54) is 31.3 Å². The van der Waals surface area contributed by atoms with Crippen LogP contribution in [0.25, 0.3) is 0 Å². The molecule has 6 aliphatic rings. The normalized spacial score (nSPS) is 42.2. The maximum atomic E-state index is 14.0. The van der Waals surface area contributed by atoms with Crippen molar-refractivity contribution in [1.29, 1.82) is 0 Å². The summed E-state index contributed by atoms with van der Waals surface area (Å²) in [6.45, 7) is 29.4. The third-order valence-electron chi connectivity index (χ3n) is 16.7. The fraction of sp³-hybridized carbons (Fsp3) is 0.837. The van der Waals surface area contributed by atoms with Crippen LogP contribution in [0.1, 0.15) is 139 Å². The first-order valence-electron chi connectivity index (χ1n) is 20.0. The quantitative estimate of drug-likeness (QED) is 0.195. The first-order valence-corrected chi connectivity index (χ1v) is 20.0. The fourth-order valence-electron chi connectivity index (χ4n) is 14.2. The molecule has 0 aromatic rings. The van der Waals surface area contributed by atoms with Gasteiger partial charge in [-0.25, -0.2) is 0 Å². The van der Waals surface area contributed by atoms with Gasteiger partial charge >= 0.3 is 11.9 Å². The molecule has 1 aliphatic heterocycles. The molecule has 5 saturated carbocycles. The number of piperazine rings is 1. The van der Waals surface area contributed by atoms with Crippen LogP contribution in [-0.4, -0.2) is 53.6 Å². The highest BCUT2D eigenvalue weighted by molar-refractivity contribution is 5.77. The van der Waals surface area contributed by atoms with Gasteiger partial charge in [-0.3, -0.25) is 14.4 Å². The van der Waals surface area contributed by atoms with Crippen molar-refractivity contribution in [2.24, 2.45) is 62.1 Å². The summed E-state index contributed by atoms with van der Waals surface area (Å²) in [5.74, 6) is 1.82. The van der Waals surface area contributed by atoms with Crippen LogP contribution >= 0.6 is 0 Å². The third kappa shape index (κ3) is 5.96. The van der Waals surface area contributed by atoms with Crippen LogP contribution in [0.3, 0.4) is 0 Å². The summed E-state index contributed by atoms with van der Waals surface area (Å²) in [5.41, 5.74) is 2.09. The minimum absolute atomic E-state index is 0.0470. The van der Waals surface area contributed by atoms with Crippen molar-refractivity contribution in [1.82, 2.24) is 10.2 Å². The van der Waals surface area contributed by atoms with E-state index in [1.807, 2.05) is 13.8 Å². The van der Waals surface area contributed by atoms with E-state index in [1.54, 1.807) is 0 Å². The molecule has 6 rings (SSSR count). The molecular weight excluding hydrogens is 624 g/mol. The van der Waals surface area contributed by atoms with E-state index >= 15 is 0 Å². The molecule has 0 radical (unpaired) electrons. The Bertz CT molecular complexity index is 1420. The van der Waals surface area contributed by atoms with Crippen molar-refractivity contribution >= 4 is 17.8 Å². The number of carboxylic acid groups (broad SMARTS) is 1. The minimum atomic E-state index is -0.882. The molecule has 0 unspecified atom stereocenters. The lowest BCUT2D eigenvalue weighted by Gasteiger charge is -2.73. The maximum Gasteiger partial charge on any atom is 0.306 e. The summed E-state index contributed by atoms with van der Waals surface area (Å²) in [6.07, 6.45) is 11.9. The number of esters is 1. The summed E-state index contributed by atoms with van der Waals surface area (Å²) in [5, 5.41) is 12.7. The molecule has 0 bridgehead atoms. The Morgan fingerprint density at radius 1 is 0.920 bits per heavy atom. The van der Waals surface area contributed by atoms with Gasteiger partial charge in [-0.2, -0.15) is 0 Å². The Balaban J connectivity index is 1.23. The number of fused-ring (bicyclic) bond motifs is 7. The number of amides is 1. The first-order chi connectivity index (χ1) is 23.2. The zero-order valence-corrected chi connectivity index (χ0v) is 32.7. The molecule has 1 heterocycles. The number of ether oxygens (including phenoxy) is 1. The van der Waals surface area contributed by atoms with Crippen LogP contribution in [0, 0.1) is 62.1 Å². The molecule has 0 aromatic heterocycles. The van der Waals surface area contributed by atoms with E-state index in [-0.39, 0.29) is 52.0 Å². The van der Waals surface area contributed by atoms with Crippen molar-refractivity contribution in [3.63, 3.8) is 0 Å². The van der Waals surface area contributed by atoms with Gasteiger partial charge in [-0.05, 0) is 128 Å². The summed E-state index contributed by atoms with van der Waals surface area (Å²) >= 11 is 0. The van der Waals surface area contributed by atoms with Crippen LogP contribution < -0.4 is 5.32 Å². The standard InChI is InChI=1S/C43H68N2O5/c1-27(2)29-13-18-43(23-34(46)45-22-21-44-28(3)26-45)20-19-41(9)30(37(29)43)11-12-32-40(8)16-15-33(39(6,7)31(40)14-17-42(32,41)10)50-36(49)25-38(4,5)24-35(47)48/h29-33,37,44H,1,3,11-26H2,2,4-10H3,(H,47,48)/t29-,30+,31-,32+,33-,37+,40-,41+,42+,43+/m0/s1. The second-order valence-electron chi connectivity index (χ2n) is 20.3. The Kier molecular flexibility index (Phi) is 9.49. The van der Waals surface area contributed by atoms with Crippen LogP contribution in [0.5, 0.6) is 0 Å². The van der Waals surface area contributed by atoms with Gasteiger partial charge in [0.15, 0.2) is 0 Å². The number of carbonyl (C=O) groups excluding carboxylic acids is 2. The summed E-state index contributed by atoms with van der Waals surface area (Å²) in [4.78, 5) is 40.7. The minimum Gasteiger partial charge on any atom is -0.481 e. The molecule has 0 spiro atoms. The predicted molar refractivity (Wildman–Crippen MR) is 198 cm³/mol. The summed E-state index contributed by atoms with van der Waals surface area (Å²) in [6, 6.07) is 0. The maximum absolute atomic E-state index is 14.0. The van der Waals surface area contributed by atoms with E-state index in [0.29, 0.717) is 48.5 Å². The second-order valence-corrected chi connectivity index (χ2v) is 20.3. The zero-order chi connectivity index (χ0) is 36.7. The van der Waals surface area contributed by atoms with Crippen LogP contribution in [-0.2, 0) is 19.1 Å². The van der Waals surface area contributed by atoms with Crippen LogP contribution in [0.2, 0.25) is 0 Å². The van der Waals surface area contributed by atoms with E-state index in [4.69, 9.17) is 4.74 Å². The summed E-state index contributed by atoms with van der Waals surface area (Å²) in [7, 11) is 0. The molecule has 0 aromatic carbocycles. The van der Waals surface area contributed by atoms with Crippen molar-refractivity contribution in [3.8, 4) is 0 Å². The van der Waals surface area contributed by atoms with Crippen LogP contribution in [0.4, 0.5) is 0 Å². The Morgan fingerprint density at radius 3 is 2.30 bits per heavy atom. The molecule has 7 nitrogen and oxygen atoms in total. The first kappa shape index (κ1) is 37.4. The number of allylic oxidation sites excluding steroid dienone is 1. The number of aliphatic carboxylic acids is 1. The Hall–Kier alpha value is -2.31. The molecule has 5 aliphatic carbocycles. The zero-order valence-electron chi connectivity index (χ0n) is 32.7. The number of nitrogens with zero attached hydrogens (tertiary/aromatic N) is 1. The van der Waals surface area contributed by atoms with Gasteiger partial charge in [-0.1, -0.05) is 67.2 Å². The molecule has 50 heavy (non-hydrogen) atoms. The molecule has 7 heteroatoms. The largest absolute Gasteiger partial charge is 0.481 e. The van der Waals surface area contributed by atoms with Gasteiger partial charge in [0.2, 0.25) is 5.91 Å². The number of hydrogen-bond donors (Lipinski definition) is 2. The number of carbonyl (C=O) groups is 3. The van der Waals surface area contributed by atoms with Crippen molar-refractivity contribution in [2.75, 3.05) is 19.6 Å². The second kappa shape index (κ2) is 12.7. The lowest BCUT2D eigenvalue weighted by molar-refractivity contribution is -0.250. The van der Waals surface area contributed by atoms with Gasteiger partial charge in [0.1, 0.15) is 6.10 Å². The molecule has 1 saturated heterocycles. The summed E-state index contributed by atoms with van der Waals surface area (Å²) < 4.78 is 6.28. The molecule has 6 fully saturated rings. The van der Waals surface area contributed by atoms with E-state index < -0.39 is 11.4 Å². The molecule has 10 atom stereocenters. The average molecular weight is 693 g/mol. The number of rotatable bonds is 8. The van der Waals surface area contributed by atoms with Crippen molar-refractivity contribution in [3.05, 3.63) is 24.4 Å². The van der Waals surface area contributed by atoms with Crippen molar-refractivity contribution < 1.29 is 24.2 Å². The number of carboxylic acids is 1. The highest BCUT2D eigenvalue weighted by atomic mass is 16.5. The fourth-order valence-corrected chi connectivity index (χ4v) is 14.2. The van der Waals surface area contributed by atoms with Gasteiger partial charge in [0.25, 0.3) is 0 Å². The van der Waals surface area contributed by atoms with Crippen molar-refractivity contribution in [2.45, 2.75) is 145 Å². The SMILES string of the molecule is C=C1CN(C(=O)C[C@]23CC[C@@H](C(=C)C)[C@@H]2[C@H]2CC[C@@H]4[C@@]5(C)CC[C@H](OC(=O)CC(C)(C)CC(=O)O)C(C)(C)[C@@H]5CC[C@@]4(C)[C@]2(C)CC3)CCN1. The number of nitrogens with one attached hydrogen (secondary N) is 1. The van der Waals surface area contributed by atoms with E-state index in [2.05, 4.69) is 64.9 Å². The highest BCUT2D eigenvalue weighted by Gasteiger charge is 2.71. The van der Waals surface area contributed by atoms with E-state index in [9.17, 15) is 19.5 Å². The van der Waals surface area contributed by atoms with Crippen LogP contribution in [0.15, 0.2) is 24.4 Å². The average Bonchev–Trinajstić information content (AvgIpc) is 3.37. The third-order valence-corrected chi connectivity index (χ3v) is 16.7.